The van der Waals surface area contributed by atoms with Gasteiger partial charge in [0.2, 0.25) is 5.91 Å². The molecule has 2 aliphatic heterocycles. The Balaban J connectivity index is 1.43. The lowest BCUT2D eigenvalue weighted by Crippen LogP contribution is -2.67. The van der Waals surface area contributed by atoms with Crippen LogP contribution >= 0.6 is 0 Å². The fourth-order valence-electron chi connectivity index (χ4n) is 4.22. The second-order valence-corrected chi connectivity index (χ2v) is 7.44. The summed E-state index contributed by atoms with van der Waals surface area (Å²) in [6, 6.07) is 6.00. The zero-order valence-corrected chi connectivity index (χ0v) is 15.3. The van der Waals surface area contributed by atoms with Gasteiger partial charge in [-0.2, -0.15) is 0 Å². The van der Waals surface area contributed by atoms with E-state index in [1.54, 1.807) is 24.9 Å². The van der Waals surface area contributed by atoms with E-state index in [0.29, 0.717) is 6.54 Å². The normalized spacial score (nSPS) is 21.4. The van der Waals surface area contributed by atoms with Gasteiger partial charge < -0.3 is 9.32 Å². The van der Waals surface area contributed by atoms with Crippen LogP contribution in [0.1, 0.15) is 24.0 Å². The standard InChI is InChI=1S/C20H26N4O2/c1-22-11-12-24(15-17-2-7-21-8-3-17)19(25)20(22)5-9-23(10-6-20)14-18-4-13-26-16-18/h2-4,7-8,13,16H,5-6,9-12,14-15H2,1H3. The second-order valence-electron chi connectivity index (χ2n) is 7.44. The van der Waals surface area contributed by atoms with Crippen molar-refractivity contribution in [3.05, 3.63) is 54.2 Å². The first kappa shape index (κ1) is 17.2. The number of piperazine rings is 1. The minimum absolute atomic E-state index is 0.283. The molecule has 2 aromatic rings. The fourth-order valence-corrected chi connectivity index (χ4v) is 4.22. The van der Waals surface area contributed by atoms with Crippen molar-refractivity contribution in [1.82, 2.24) is 19.7 Å². The van der Waals surface area contributed by atoms with Crippen LogP contribution in [0.4, 0.5) is 0 Å². The van der Waals surface area contributed by atoms with Crippen molar-refractivity contribution < 1.29 is 9.21 Å². The molecule has 0 N–H and O–H groups in total. The molecule has 4 rings (SSSR count). The Labute approximate surface area is 154 Å². The summed E-state index contributed by atoms with van der Waals surface area (Å²) in [4.78, 5) is 24.2. The second kappa shape index (κ2) is 7.21. The number of nitrogens with zero attached hydrogens (tertiary/aromatic N) is 4. The van der Waals surface area contributed by atoms with Crippen LogP contribution in [0.5, 0.6) is 0 Å². The SMILES string of the molecule is CN1CCN(Cc2ccncc2)C(=O)C12CCN(Cc1ccoc1)CC2. The first-order valence-corrected chi connectivity index (χ1v) is 9.30. The van der Waals surface area contributed by atoms with Crippen LogP contribution in [0.15, 0.2) is 47.5 Å². The molecule has 0 radical (unpaired) electrons. The van der Waals surface area contributed by atoms with Gasteiger partial charge in [-0.25, -0.2) is 0 Å². The van der Waals surface area contributed by atoms with E-state index in [1.807, 2.05) is 23.1 Å². The van der Waals surface area contributed by atoms with Gasteiger partial charge in [-0.15, -0.1) is 0 Å². The summed E-state index contributed by atoms with van der Waals surface area (Å²) < 4.78 is 5.17. The van der Waals surface area contributed by atoms with E-state index >= 15 is 0 Å². The molecular formula is C20H26N4O2. The molecule has 2 aliphatic rings. The van der Waals surface area contributed by atoms with E-state index in [1.165, 1.54) is 5.56 Å². The van der Waals surface area contributed by atoms with Crippen LogP contribution in [-0.2, 0) is 17.9 Å². The van der Waals surface area contributed by atoms with E-state index < -0.39 is 0 Å². The van der Waals surface area contributed by atoms with Gasteiger partial charge in [-0.3, -0.25) is 19.6 Å². The largest absolute Gasteiger partial charge is 0.472 e. The monoisotopic (exact) mass is 354 g/mol. The molecule has 0 bridgehead atoms. The summed E-state index contributed by atoms with van der Waals surface area (Å²) in [5, 5.41) is 0. The van der Waals surface area contributed by atoms with Crippen molar-refractivity contribution in [2.24, 2.45) is 0 Å². The van der Waals surface area contributed by atoms with Crippen LogP contribution in [0.2, 0.25) is 0 Å². The molecule has 2 saturated heterocycles. The Morgan fingerprint density at radius 3 is 2.50 bits per heavy atom. The van der Waals surface area contributed by atoms with Crippen molar-refractivity contribution in [2.45, 2.75) is 31.5 Å². The summed E-state index contributed by atoms with van der Waals surface area (Å²) in [7, 11) is 2.10. The van der Waals surface area contributed by atoms with Crippen molar-refractivity contribution in [1.29, 1.82) is 0 Å². The van der Waals surface area contributed by atoms with Crippen molar-refractivity contribution in [3.8, 4) is 0 Å². The number of rotatable bonds is 4. The predicted molar refractivity (Wildman–Crippen MR) is 98.2 cm³/mol. The molecule has 4 heterocycles. The summed E-state index contributed by atoms with van der Waals surface area (Å²) >= 11 is 0. The van der Waals surface area contributed by atoms with Gasteiger partial charge in [0.1, 0.15) is 5.54 Å². The van der Waals surface area contributed by atoms with Gasteiger partial charge in [0.05, 0.1) is 12.5 Å². The maximum Gasteiger partial charge on any atom is 0.243 e. The average Bonchev–Trinajstić information content (AvgIpc) is 3.18. The number of pyridine rings is 1. The van der Waals surface area contributed by atoms with Gasteiger partial charge in [-0.1, -0.05) is 0 Å². The lowest BCUT2D eigenvalue weighted by molar-refractivity contribution is -0.155. The number of hydrogen-bond acceptors (Lipinski definition) is 5. The summed E-state index contributed by atoms with van der Waals surface area (Å²) in [5.41, 5.74) is 1.99. The molecule has 26 heavy (non-hydrogen) atoms. The zero-order valence-electron chi connectivity index (χ0n) is 15.3. The van der Waals surface area contributed by atoms with Gasteiger partial charge in [0.25, 0.3) is 0 Å². The van der Waals surface area contributed by atoms with Gasteiger partial charge in [-0.05, 0) is 43.7 Å². The number of carbonyl (C=O) groups is 1. The topological polar surface area (TPSA) is 52.8 Å². The van der Waals surface area contributed by atoms with E-state index in [9.17, 15) is 4.79 Å². The fraction of sp³-hybridized carbons (Fsp3) is 0.500. The molecule has 0 atom stereocenters. The molecule has 0 aromatic carbocycles. The Morgan fingerprint density at radius 1 is 1.04 bits per heavy atom. The van der Waals surface area contributed by atoms with E-state index in [-0.39, 0.29) is 11.4 Å². The molecule has 2 aromatic heterocycles. The van der Waals surface area contributed by atoms with Crippen LogP contribution in [0, 0.1) is 0 Å². The predicted octanol–water partition coefficient (Wildman–Crippen LogP) is 1.98. The quantitative estimate of drug-likeness (QED) is 0.840. The van der Waals surface area contributed by atoms with Crippen LogP contribution in [0.3, 0.4) is 0 Å². The minimum atomic E-state index is -0.349. The Hall–Kier alpha value is -2.18. The molecular weight excluding hydrogens is 328 g/mol. The first-order chi connectivity index (χ1) is 12.7. The third-order valence-corrected chi connectivity index (χ3v) is 5.91. The van der Waals surface area contributed by atoms with E-state index in [4.69, 9.17) is 4.42 Å². The van der Waals surface area contributed by atoms with E-state index in [0.717, 1.165) is 51.1 Å². The lowest BCUT2D eigenvalue weighted by Gasteiger charge is -2.51. The van der Waals surface area contributed by atoms with Crippen LogP contribution < -0.4 is 0 Å². The van der Waals surface area contributed by atoms with Crippen molar-refractivity contribution in [3.63, 3.8) is 0 Å². The third-order valence-electron chi connectivity index (χ3n) is 5.91. The number of furan rings is 1. The maximum absolute atomic E-state index is 13.4. The summed E-state index contributed by atoms with van der Waals surface area (Å²) in [6.45, 7) is 5.16. The van der Waals surface area contributed by atoms with Crippen LogP contribution in [-0.4, -0.2) is 64.4 Å². The molecule has 1 amide bonds. The molecule has 0 unspecified atom stereocenters. The zero-order chi connectivity index (χ0) is 18.0. The van der Waals surface area contributed by atoms with Gasteiger partial charge in [0.15, 0.2) is 0 Å². The minimum Gasteiger partial charge on any atom is -0.472 e. The molecule has 6 heteroatoms. The smallest absolute Gasteiger partial charge is 0.243 e. The number of piperidine rings is 1. The molecule has 1 spiro atoms. The van der Waals surface area contributed by atoms with E-state index in [2.05, 4.69) is 21.8 Å². The number of likely N-dealkylation sites (tertiary alicyclic amines) is 1. The Kier molecular flexibility index (Phi) is 4.78. The van der Waals surface area contributed by atoms with Gasteiger partial charge >= 0.3 is 0 Å². The Morgan fingerprint density at radius 2 is 1.81 bits per heavy atom. The molecule has 138 valence electrons. The highest BCUT2D eigenvalue weighted by molar-refractivity contribution is 5.87. The average molecular weight is 354 g/mol. The number of likely N-dealkylation sites (N-methyl/N-ethyl adjacent to an activating group) is 1. The van der Waals surface area contributed by atoms with Crippen LogP contribution in [0.25, 0.3) is 0 Å². The van der Waals surface area contributed by atoms with Crippen molar-refractivity contribution >= 4 is 5.91 Å². The number of aromatic nitrogens is 1. The van der Waals surface area contributed by atoms with Crippen molar-refractivity contribution in [2.75, 3.05) is 33.2 Å². The highest BCUT2D eigenvalue weighted by Gasteiger charge is 2.49. The summed E-state index contributed by atoms with van der Waals surface area (Å²) in [5.74, 6) is 0.283. The molecule has 6 nitrogen and oxygen atoms in total. The highest BCUT2D eigenvalue weighted by Crippen LogP contribution is 2.33. The maximum atomic E-state index is 13.4. The molecule has 0 saturated carbocycles. The molecule has 2 fully saturated rings. The summed E-state index contributed by atoms with van der Waals surface area (Å²) in [6.07, 6.45) is 8.87. The number of hydrogen-bond donors (Lipinski definition) is 0. The lowest BCUT2D eigenvalue weighted by atomic mass is 9.82. The number of amides is 1. The molecule has 0 aliphatic carbocycles. The first-order valence-electron chi connectivity index (χ1n) is 9.30. The number of carbonyl (C=O) groups excluding carboxylic acids is 1. The Bertz CT molecular complexity index is 724. The highest BCUT2D eigenvalue weighted by atomic mass is 16.3. The van der Waals surface area contributed by atoms with Gasteiger partial charge in [0, 0.05) is 57.2 Å². The third kappa shape index (κ3) is 3.27.